The van der Waals surface area contributed by atoms with Gasteiger partial charge in [0.15, 0.2) is 0 Å². The lowest BCUT2D eigenvalue weighted by atomic mass is 9.99. The highest BCUT2D eigenvalue weighted by Gasteiger charge is 2.22. The molecule has 0 saturated heterocycles. The molecule has 3 N–H and O–H groups in total. The highest BCUT2D eigenvalue weighted by Crippen LogP contribution is 2.19. The lowest BCUT2D eigenvalue weighted by Gasteiger charge is -2.22. The minimum absolute atomic E-state index is 0. The quantitative estimate of drug-likeness (QED) is 0.752. The SMILES string of the molecule is COC(=O)CCC(NC(=O)C(C)C(C)N)c1ccccc1.Cl. The third-order valence-corrected chi connectivity index (χ3v) is 3.59. The molecule has 0 bridgehead atoms. The maximum atomic E-state index is 12.2. The second kappa shape index (κ2) is 10.2. The molecule has 0 aliphatic carbocycles. The smallest absolute Gasteiger partial charge is 0.305 e. The molecule has 0 fully saturated rings. The number of hydrogen-bond donors (Lipinski definition) is 2. The number of carbonyl (C=O) groups excluding carboxylic acids is 2. The lowest BCUT2D eigenvalue weighted by Crippen LogP contribution is -2.40. The number of hydrogen-bond acceptors (Lipinski definition) is 4. The zero-order valence-electron chi connectivity index (χ0n) is 13.2. The molecule has 0 aliphatic heterocycles. The van der Waals surface area contributed by atoms with E-state index in [0.717, 1.165) is 5.56 Å². The van der Waals surface area contributed by atoms with Crippen molar-refractivity contribution in [1.29, 1.82) is 0 Å². The van der Waals surface area contributed by atoms with E-state index in [-0.39, 0.29) is 48.7 Å². The second-order valence-electron chi connectivity index (χ2n) is 5.23. The zero-order chi connectivity index (χ0) is 15.8. The van der Waals surface area contributed by atoms with Crippen LogP contribution >= 0.6 is 12.4 Å². The summed E-state index contributed by atoms with van der Waals surface area (Å²) in [4.78, 5) is 23.5. The number of benzene rings is 1. The van der Waals surface area contributed by atoms with Gasteiger partial charge in [-0.2, -0.15) is 0 Å². The van der Waals surface area contributed by atoms with Crippen LogP contribution in [0.1, 0.15) is 38.3 Å². The van der Waals surface area contributed by atoms with Gasteiger partial charge in [0, 0.05) is 18.4 Å². The van der Waals surface area contributed by atoms with Crippen molar-refractivity contribution < 1.29 is 14.3 Å². The molecule has 0 saturated carbocycles. The van der Waals surface area contributed by atoms with Crippen LogP contribution in [0, 0.1) is 5.92 Å². The summed E-state index contributed by atoms with van der Waals surface area (Å²) in [7, 11) is 1.36. The molecule has 1 rings (SSSR count). The van der Waals surface area contributed by atoms with Crippen molar-refractivity contribution in [3.63, 3.8) is 0 Å². The molecule has 0 aliphatic rings. The summed E-state index contributed by atoms with van der Waals surface area (Å²) in [6, 6.07) is 9.13. The normalized spacial score (nSPS) is 14.2. The van der Waals surface area contributed by atoms with Crippen LogP contribution in [0.2, 0.25) is 0 Å². The first kappa shape index (κ1) is 20.4. The van der Waals surface area contributed by atoms with E-state index < -0.39 is 0 Å². The molecule has 5 nitrogen and oxygen atoms in total. The average molecular weight is 329 g/mol. The van der Waals surface area contributed by atoms with Gasteiger partial charge in [-0.25, -0.2) is 0 Å². The Bertz CT molecular complexity index is 466. The minimum atomic E-state index is -0.287. The first-order valence-corrected chi connectivity index (χ1v) is 7.13. The molecule has 0 spiro atoms. The van der Waals surface area contributed by atoms with Crippen LogP contribution in [0.4, 0.5) is 0 Å². The molecule has 1 aromatic rings. The Labute approximate surface area is 138 Å². The van der Waals surface area contributed by atoms with Crippen LogP contribution < -0.4 is 11.1 Å². The van der Waals surface area contributed by atoms with Crippen LogP contribution in [-0.2, 0) is 14.3 Å². The molecule has 1 amide bonds. The van der Waals surface area contributed by atoms with Gasteiger partial charge in [-0.15, -0.1) is 12.4 Å². The summed E-state index contributed by atoms with van der Waals surface area (Å²) < 4.78 is 4.66. The van der Waals surface area contributed by atoms with Crippen molar-refractivity contribution in [3.05, 3.63) is 35.9 Å². The van der Waals surface area contributed by atoms with E-state index in [2.05, 4.69) is 10.1 Å². The minimum Gasteiger partial charge on any atom is -0.469 e. The fraction of sp³-hybridized carbons (Fsp3) is 0.500. The molecular weight excluding hydrogens is 304 g/mol. The molecule has 22 heavy (non-hydrogen) atoms. The fourth-order valence-corrected chi connectivity index (χ4v) is 1.91. The van der Waals surface area contributed by atoms with E-state index in [0.29, 0.717) is 6.42 Å². The van der Waals surface area contributed by atoms with Gasteiger partial charge < -0.3 is 15.8 Å². The van der Waals surface area contributed by atoms with E-state index in [1.807, 2.05) is 30.3 Å². The highest BCUT2D eigenvalue weighted by molar-refractivity contribution is 5.85. The number of rotatable bonds is 7. The number of carbonyl (C=O) groups is 2. The third kappa shape index (κ3) is 6.45. The highest BCUT2D eigenvalue weighted by atomic mass is 35.5. The Morgan fingerprint density at radius 1 is 1.23 bits per heavy atom. The van der Waals surface area contributed by atoms with E-state index in [4.69, 9.17) is 5.73 Å². The molecule has 0 radical (unpaired) electrons. The van der Waals surface area contributed by atoms with Gasteiger partial charge in [-0.3, -0.25) is 9.59 Å². The van der Waals surface area contributed by atoms with Crippen molar-refractivity contribution in [1.82, 2.24) is 5.32 Å². The number of halogens is 1. The lowest BCUT2D eigenvalue weighted by molar-refractivity contribution is -0.141. The summed E-state index contributed by atoms with van der Waals surface area (Å²) >= 11 is 0. The predicted octanol–water partition coefficient (Wildman–Crippen LogP) is 2.20. The molecule has 6 heteroatoms. The summed E-state index contributed by atoms with van der Waals surface area (Å²) in [5.41, 5.74) is 6.72. The monoisotopic (exact) mass is 328 g/mol. The van der Waals surface area contributed by atoms with Crippen molar-refractivity contribution in [2.75, 3.05) is 7.11 Å². The number of ether oxygens (including phenoxy) is 1. The van der Waals surface area contributed by atoms with Gasteiger partial charge in [0.2, 0.25) is 5.91 Å². The second-order valence-corrected chi connectivity index (χ2v) is 5.23. The zero-order valence-corrected chi connectivity index (χ0v) is 14.1. The Morgan fingerprint density at radius 3 is 2.32 bits per heavy atom. The summed E-state index contributed by atoms with van der Waals surface area (Å²) in [6.45, 7) is 3.60. The molecule has 124 valence electrons. The van der Waals surface area contributed by atoms with Crippen molar-refractivity contribution in [2.45, 2.75) is 38.8 Å². The molecular formula is C16H25ClN2O3. The third-order valence-electron chi connectivity index (χ3n) is 3.59. The van der Waals surface area contributed by atoms with Crippen LogP contribution in [0.15, 0.2) is 30.3 Å². The largest absolute Gasteiger partial charge is 0.469 e. The van der Waals surface area contributed by atoms with Crippen molar-refractivity contribution >= 4 is 24.3 Å². The Balaban J connectivity index is 0.00000441. The van der Waals surface area contributed by atoms with E-state index in [9.17, 15) is 9.59 Å². The average Bonchev–Trinajstić information content (AvgIpc) is 2.50. The van der Waals surface area contributed by atoms with Crippen LogP contribution in [0.25, 0.3) is 0 Å². The topological polar surface area (TPSA) is 81.4 Å². The molecule has 0 heterocycles. The van der Waals surface area contributed by atoms with Gasteiger partial charge >= 0.3 is 5.97 Å². The molecule has 1 aromatic carbocycles. The van der Waals surface area contributed by atoms with Gasteiger partial charge in [-0.1, -0.05) is 37.3 Å². The van der Waals surface area contributed by atoms with Gasteiger partial charge in [0.1, 0.15) is 0 Å². The Morgan fingerprint density at radius 2 is 1.82 bits per heavy atom. The van der Waals surface area contributed by atoms with E-state index >= 15 is 0 Å². The first-order chi connectivity index (χ1) is 9.95. The number of nitrogens with one attached hydrogen (secondary N) is 1. The summed E-state index contributed by atoms with van der Waals surface area (Å²) in [6.07, 6.45) is 0.747. The van der Waals surface area contributed by atoms with Crippen LogP contribution in [-0.4, -0.2) is 25.0 Å². The maximum absolute atomic E-state index is 12.2. The van der Waals surface area contributed by atoms with Crippen LogP contribution in [0.3, 0.4) is 0 Å². The van der Waals surface area contributed by atoms with Gasteiger partial charge in [0.25, 0.3) is 0 Å². The summed E-state index contributed by atoms with van der Waals surface area (Å²) in [5.74, 6) is -0.677. The number of amides is 1. The van der Waals surface area contributed by atoms with Gasteiger partial charge in [-0.05, 0) is 18.9 Å². The standard InChI is InChI=1S/C16H24N2O3.ClH/c1-11(12(2)17)16(20)18-14(9-10-15(19)21-3)13-7-5-4-6-8-13;/h4-8,11-12,14H,9-10,17H2,1-3H3,(H,18,20);1H. The Hall–Kier alpha value is -1.59. The van der Waals surface area contributed by atoms with Crippen molar-refractivity contribution in [2.24, 2.45) is 11.7 Å². The Kier molecular flexibility index (Phi) is 9.45. The fourth-order valence-electron chi connectivity index (χ4n) is 1.91. The van der Waals surface area contributed by atoms with E-state index in [1.54, 1.807) is 13.8 Å². The molecule has 3 unspecified atom stereocenters. The molecule has 0 aromatic heterocycles. The number of methoxy groups -OCH3 is 1. The van der Waals surface area contributed by atoms with Gasteiger partial charge in [0.05, 0.1) is 13.2 Å². The first-order valence-electron chi connectivity index (χ1n) is 7.13. The van der Waals surface area contributed by atoms with Crippen LogP contribution in [0.5, 0.6) is 0 Å². The predicted molar refractivity (Wildman–Crippen MR) is 88.6 cm³/mol. The van der Waals surface area contributed by atoms with E-state index in [1.165, 1.54) is 7.11 Å². The number of esters is 1. The summed E-state index contributed by atoms with van der Waals surface area (Å²) in [5, 5.41) is 2.97. The molecule has 3 atom stereocenters. The van der Waals surface area contributed by atoms with Crippen molar-refractivity contribution in [3.8, 4) is 0 Å². The number of nitrogens with two attached hydrogens (primary N) is 1. The maximum Gasteiger partial charge on any atom is 0.305 e.